The smallest absolute Gasteiger partial charge is 1.00 e. The molecule has 3 N–H and O–H groups in total. The van der Waals surface area contributed by atoms with E-state index in [1.807, 2.05) is 66.7 Å². The standard InChI is InChI=1S/C23H19Cl3N4.C16H15Cl3N2.C8H8N2O3S.C7H6N2O.C6H6BrNO.C6H4BrNO.C2H3N.CH3ClO2S.CH2O3.B.2K.Na.2H/c1-27-19-7-8-20(28-13-19)14-29-10-11-30(22-9-6-18(25)12-21(22)26)23(15-29)16-2-4-17(24)5-3-16;17-12-3-1-11(2-4-12)16-10-20-7-8-21(16)15-6-5-13(18)9-14(15)19;1-9-7-3-4-8(10-5-7)6-13-14(2,11)12;1-8-6-2-3-7(5-10)9-4-6;2*7-5-1-2-6(4-9)8-3-5;1-2-3;1-5(2,3)4;2-1-4-3;;;;;;/h2-9,12-13,23H,10-11,14-15H2;1-6,9,16,20H,7-8,10H2;3-5H,6H2,2H3;2-4,10H,5H2;1-3,9H,4H2;1-4H;1H3;1H3;1,3H;;;;;;/q;;;;;;;;;;3*+1;2*-1/p-1/t23-;16-;;;;;;;;;;;;;/m00............./s1. The Balaban J connectivity index is -0.000000624. The Morgan fingerprint density at radius 3 is 1.36 bits per heavy atom. The maximum absolute atomic E-state index is 10.6. The third-order valence-electron chi connectivity index (χ3n) is 13.3. The van der Waals surface area contributed by atoms with Crippen LogP contribution in [0.3, 0.4) is 0 Å². The molecule has 2 aliphatic heterocycles. The van der Waals surface area contributed by atoms with E-state index < -0.39 is 19.2 Å². The third-order valence-corrected chi connectivity index (χ3v) is 16.4. The van der Waals surface area contributed by atoms with Crippen LogP contribution in [-0.4, -0.2) is 130 Å². The van der Waals surface area contributed by atoms with E-state index in [0.717, 1.165) is 89.4 Å². The van der Waals surface area contributed by atoms with Crippen LogP contribution >= 0.6 is 112 Å². The average molecular weight is 1850 g/mol. The van der Waals surface area contributed by atoms with Gasteiger partial charge in [0.2, 0.25) is 26.1 Å². The SMILES string of the molecule is CC#N.CS(=O)(=O)Cl.Clc1ccc([C@@H]2CNCCN2c2ccc(Cl)cc2Cl)cc1.O=CO[O-].O=Cc1ccc(Br)cn1.OCc1ccc(Br)cn1.[B].[C-]#[N+]c1ccc(CN2CCN(c3ccc(Cl)cc3Cl)[C@H](c3ccc(Cl)cc3)C2)nc1.[C-]#[N+]c1ccc(CO)nc1.[C-]#[N+]c1ccc(COS(C)(=O)=O)nc1.[H-].[H-].[K+].[K+].[Na+]. The number of benzene rings is 4. The summed E-state index contributed by atoms with van der Waals surface area (Å²) in [5.74, 6) is 0. The molecule has 2 atom stereocenters. The summed E-state index contributed by atoms with van der Waals surface area (Å²) in [6.07, 6.45) is 10.3. The van der Waals surface area contributed by atoms with Crippen molar-refractivity contribution in [2.75, 3.05) is 61.6 Å². The van der Waals surface area contributed by atoms with Crippen molar-refractivity contribution in [1.29, 1.82) is 5.26 Å². The number of aldehydes is 1. The van der Waals surface area contributed by atoms with Crippen LogP contribution in [0, 0.1) is 31.0 Å². The molecule has 0 spiro atoms. The molecule has 7 heterocycles. The molecule has 3 radical (unpaired) electrons. The molecule has 24 nitrogen and oxygen atoms in total. The van der Waals surface area contributed by atoms with E-state index in [-0.39, 0.29) is 182 Å². The Kier molecular flexibility index (Phi) is 59.0. The summed E-state index contributed by atoms with van der Waals surface area (Å²) >= 11 is 43.5. The number of nitrogens with one attached hydrogen (secondary N) is 1. The van der Waals surface area contributed by atoms with Gasteiger partial charge in [-0.3, -0.25) is 43.6 Å². The molecule has 0 saturated carbocycles. The van der Waals surface area contributed by atoms with Crippen molar-refractivity contribution in [3.63, 3.8) is 0 Å². The molecule has 0 aliphatic carbocycles. The average Bonchev–Trinajstić information content (AvgIpc) is 0.800. The van der Waals surface area contributed by atoms with Crippen LogP contribution in [-0.2, 0) is 59.4 Å². The van der Waals surface area contributed by atoms with Gasteiger partial charge in [-0.2, -0.15) is 13.7 Å². The van der Waals surface area contributed by atoms with Crippen molar-refractivity contribution >= 4 is 181 Å². The monoisotopic (exact) mass is 1840 g/mol. The first-order valence-corrected chi connectivity index (χ1v) is 38.4. The first-order chi connectivity index (χ1) is 50.0. The molecule has 2 fully saturated rings. The molecule has 559 valence electrons. The number of piperazine rings is 2. The Labute approximate surface area is 798 Å². The molecule has 2 saturated heterocycles. The van der Waals surface area contributed by atoms with Crippen molar-refractivity contribution in [2.45, 2.75) is 45.4 Å². The van der Waals surface area contributed by atoms with Gasteiger partial charge >= 0.3 is 132 Å². The largest absolute Gasteiger partial charge is 1.00 e. The molecule has 5 aromatic heterocycles. The molecule has 39 heteroatoms. The van der Waals surface area contributed by atoms with Crippen LogP contribution in [0.1, 0.15) is 66.3 Å². The predicted molar refractivity (Wildman–Crippen MR) is 423 cm³/mol. The Hall–Kier alpha value is -3.68. The van der Waals surface area contributed by atoms with E-state index in [9.17, 15) is 21.6 Å². The van der Waals surface area contributed by atoms with Crippen LogP contribution in [0.25, 0.3) is 14.5 Å². The molecule has 9 aromatic rings. The second-order valence-corrected chi connectivity index (χ2v) is 30.0. The summed E-state index contributed by atoms with van der Waals surface area (Å²) in [6, 6.07) is 46.5. The fourth-order valence-electron chi connectivity index (χ4n) is 8.72. The molecule has 109 heavy (non-hydrogen) atoms. The third kappa shape index (κ3) is 45.3. The van der Waals surface area contributed by atoms with Crippen LogP contribution in [0.15, 0.2) is 186 Å². The zero-order valence-corrected chi connectivity index (χ0v) is 77.7. The number of aromatic nitrogens is 5. The molecule has 11 rings (SSSR count). The first kappa shape index (κ1) is 107. The number of rotatable bonds is 13. The van der Waals surface area contributed by atoms with Gasteiger partial charge in [0.25, 0.3) is 16.6 Å². The number of hydrogen-bond acceptors (Lipinski definition) is 21. The van der Waals surface area contributed by atoms with E-state index in [1.54, 1.807) is 79.3 Å². The minimum atomic E-state index is -3.44. The number of anilines is 2. The van der Waals surface area contributed by atoms with E-state index in [0.29, 0.717) is 71.2 Å². The number of nitrogens with zero attached hydrogens (tertiary/aromatic N) is 12. The Morgan fingerprint density at radius 1 is 0.615 bits per heavy atom. The molecule has 0 bridgehead atoms. The number of hydrogen-bond donors (Lipinski definition) is 3. The zero-order chi connectivity index (χ0) is 77.9. The van der Waals surface area contributed by atoms with Gasteiger partial charge in [0.15, 0.2) is 6.29 Å². The van der Waals surface area contributed by atoms with Gasteiger partial charge in [-0.25, -0.2) is 23.0 Å². The Morgan fingerprint density at radius 2 is 1.00 bits per heavy atom. The van der Waals surface area contributed by atoms with Gasteiger partial charge < -0.3 is 38.3 Å². The number of pyridine rings is 5. The van der Waals surface area contributed by atoms with Gasteiger partial charge in [-0.15, -0.1) is 0 Å². The topological polar surface area (TPSA) is 307 Å². The maximum atomic E-state index is 10.6. The van der Waals surface area contributed by atoms with Crippen molar-refractivity contribution in [1.82, 2.24) is 35.1 Å². The number of aliphatic hydroxyl groups is 2. The summed E-state index contributed by atoms with van der Waals surface area (Å²) < 4.78 is 46.4. The van der Waals surface area contributed by atoms with Gasteiger partial charge in [0.05, 0.1) is 108 Å². The Bertz CT molecular complexity index is 4580. The predicted octanol–water partition coefficient (Wildman–Crippen LogP) is 6.69. The van der Waals surface area contributed by atoms with E-state index in [2.05, 4.69) is 135 Å². The minimum absolute atomic E-state index is 0. The van der Waals surface area contributed by atoms with E-state index in [4.69, 9.17) is 115 Å². The van der Waals surface area contributed by atoms with E-state index in [1.165, 1.54) is 30.4 Å². The number of carbonyl (C=O) groups excluding carboxylic acids is 2. The van der Waals surface area contributed by atoms with Gasteiger partial charge in [0.1, 0.15) is 12.3 Å². The second-order valence-electron chi connectivity index (χ2n) is 20.9. The molecule has 2 aliphatic rings. The van der Waals surface area contributed by atoms with Gasteiger partial charge in [0, 0.05) is 132 Å². The normalized spacial score (nSPS) is 12.8. The number of halogens is 9. The second kappa shape index (κ2) is 59.9. The fourth-order valence-corrected chi connectivity index (χ4v) is 10.8. The zero-order valence-electron chi connectivity index (χ0n) is 61.4. The number of carbonyl (C=O) groups is 2. The summed E-state index contributed by atoms with van der Waals surface area (Å²) in [5, 5.41) is 40.4. The van der Waals surface area contributed by atoms with Crippen LogP contribution < -0.4 is 153 Å². The van der Waals surface area contributed by atoms with Gasteiger partial charge in [-0.05, 0) is 146 Å². The van der Waals surface area contributed by atoms with Crippen molar-refractivity contribution < 1.29 is 186 Å². The van der Waals surface area contributed by atoms with Crippen molar-refractivity contribution in [2.24, 2.45) is 0 Å². The summed E-state index contributed by atoms with van der Waals surface area (Å²) in [6.45, 7) is 27.4. The first-order valence-electron chi connectivity index (χ1n) is 30.0. The summed E-state index contributed by atoms with van der Waals surface area (Å²) in [4.78, 5) is 57.8. The summed E-state index contributed by atoms with van der Waals surface area (Å²) in [5.41, 5.74) is 9.01. The minimum Gasteiger partial charge on any atom is -1.00 e. The van der Waals surface area contributed by atoms with Crippen molar-refractivity contribution in [3.05, 3.63) is 290 Å². The quantitative estimate of drug-likeness (QED) is 0.0206. The van der Waals surface area contributed by atoms with Crippen LogP contribution in [0.5, 0.6) is 0 Å². The van der Waals surface area contributed by atoms with Crippen LogP contribution in [0.4, 0.5) is 28.4 Å². The molecule has 4 aromatic carbocycles. The maximum Gasteiger partial charge on any atom is 1.00 e. The molecule has 0 amide bonds. The van der Waals surface area contributed by atoms with E-state index >= 15 is 0 Å². The number of nitriles is 1. The summed E-state index contributed by atoms with van der Waals surface area (Å²) in [7, 11) is -2.13. The molecule has 0 unspecified atom stereocenters. The molecular formula is C70H67BBr2Cl7K2N13NaO11S2. The molecular weight excluding hydrogens is 1780 g/mol. The van der Waals surface area contributed by atoms with Gasteiger partial charge in [-0.1, -0.05) is 112 Å². The fraction of sp³-hybridized carbons (Fsp3) is 0.214. The van der Waals surface area contributed by atoms with Crippen LogP contribution in [0.2, 0.25) is 30.1 Å². The van der Waals surface area contributed by atoms with Crippen molar-refractivity contribution in [3.8, 4) is 6.07 Å². The number of aliphatic hydroxyl groups excluding tert-OH is 2.